The third-order valence-corrected chi connectivity index (χ3v) is 5.34. The molecule has 116 valence electrons. The number of hydrogen-bond donors (Lipinski definition) is 2. The van der Waals surface area contributed by atoms with Crippen LogP contribution >= 0.6 is 0 Å². The van der Waals surface area contributed by atoms with E-state index in [1.165, 1.54) is 37.1 Å². The second-order valence-electron chi connectivity index (χ2n) is 5.53. The van der Waals surface area contributed by atoms with Crippen molar-refractivity contribution in [3.05, 3.63) is 29.8 Å². The molecule has 21 heavy (non-hydrogen) atoms. The predicted molar refractivity (Wildman–Crippen MR) is 81.2 cm³/mol. The Morgan fingerprint density at radius 1 is 1.38 bits per heavy atom. The molecular weight excluding hydrogens is 290 g/mol. The molecule has 0 spiro atoms. The van der Waals surface area contributed by atoms with Crippen molar-refractivity contribution in [2.24, 2.45) is 16.8 Å². The summed E-state index contributed by atoms with van der Waals surface area (Å²) in [6.45, 7) is 1.50. The molecule has 1 fully saturated rings. The molecule has 0 amide bonds. The molecule has 0 unspecified atom stereocenters. The second kappa shape index (κ2) is 6.44. The van der Waals surface area contributed by atoms with E-state index in [0.717, 1.165) is 12.5 Å². The summed E-state index contributed by atoms with van der Waals surface area (Å²) in [4.78, 5) is 2.33. The lowest BCUT2D eigenvalue weighted by atomic mass is 10.2. The highest BCUT2D eigenvalue weighted by molar-refractivity contribution is 7.91. The predicted octanol–water partition coefficient (Wildman–Crippen LogP) is 0.897. The van der Waals surface area contributed by atoms with Crippen LogP contribution in [0.25, 0.3) is 0 Å². The molecule has 7 heteroatoms. The zero-order chi connectivity index (χ0) is 15.5. The van der Waals surface area contributed by atoms with Crippen molar-refractivity contribution in [1.29, 1.82) is 0 Å². The number of amidine groups is 1. The van der Waals surface area contributed by atoms with E-state index in [4.69, 9.17) is 10.9 Å². The van der Waals surface area contributed by atoms with Gasteiger partial charge < -0.3 is 15.8 Å². The minimum Gasteiger partial charge on any atom is -0.409 e. The molecule has 0 heterocycles. The van der Waals surface area contributed by atoms with E-state index in [-0.39, 0.29) is 16.5 Å². The zero-order valence-corrected chi connectivity index (χ0v) is 12.9. The number of hydrogen-bond acceptors (Lipinski definition) is 5. The van der Waals surface area contributed by atoms with E-state index < -0.39 is 9.84 Å². The number of benzene rings is 1. The molecule has 6 nitrogen and oxygen atoms in total. The van der Waals surface area contributed by atoms with Gasteiger partial charge in [-0.1, -0.05) is 5.16 Å². The maximum absolute atomic E-state index is 12.3. The highest BCUT2D eigenvalue weighted by Gasteiger charge is 2.23. The summed E-state index contributed by atoms with van der Waals surface area (Å²) in [7, 11) is -1.35. The molecule has 2 rings (SSSR count). The van der Waals surface area contributed by atoms with Gasteiger partial charge in [-0.3, -0.25) is 0 Å². The Kier molecular flexibility index (Phi) is 4.84. The summed E-state index contributed by atoms with van der Waals surface area (Å²) < 4.78 is 24.5. The standard InChI is InChI=1S/C14H21N3O3S/c1-17(10-11-2-3-11)8-9-21(19,20)13-6-4-12(5-7-13)14(15)16-18/h4-7,11,18H,2-3,8-10H2,1H3,(H2,15,16). The van der Waals surface area contributed by atoms with E-state index in [9.17, 15) is 8.42 Å². The van der Waals surface area contributed by atoms with Crippen molar-refractivity contribution in [3.8, 4) is 0 Å². The van der Waals surface area contributed by atoms with Crippen LogP contribution in [0.3, 0.4) is 0 Å². The molecule has 0 aliphatic heterocycles. The van der Waals surface area contributed by atoms with Crippen LogP contribution in [0.1, 0.15) is 18.4 Å². The monoisotopic (exact) mass is 311 g/mol. The summed E-state index contributed by atoms with van der Waals surface area (Å²) in [6.07, 6.45) is 2.51. The molecule has 0 bridgehead atoms. The van der Waals surface area contributed by atoms with E-state index in [1.807, 2.05) is 7.05 Å². The minimum absolute atomic E-state index is 0.0388. The number of nitrogens with two attached hydrogens (primary N) is 1. The first-order valence-electron chi connectivity index (χ1n) is 6.91. The van der Waals surface area contributed by atoms with E-state index in [2.05, 4.69) is 10.1 Å². The average molecular weight is 311 g/mol. The third-order valence-electron chi connectivity index (χ3n) is 3.63. The normalized spacial score (nSPS) is 16.4. The Balaban J connectivity index is 1.97. The first kappa shape index (κ1) is 15.8. The highest BCUT2D eigenvalue weighted by atomic mass is 32.2. The summed E-state index contributed by atoms with van der Waals surface area (Å²) >= 11 is 0. The lowest BCUT2D eigenvalue weighted by Gasteiger charge is -2.16. The van der Waals surface area contributed by atoms with Crippen molar-refractivity contribution in [2.75, 3.05) is 25.9 Å². The molecule has 1 aliphatic carbocycles. The van der Waals surface area contributed by atoms with Crippen LogP contribution in [0.15, 0.2) is 34.3 Å². The quantitative estimate of drug-likeness (QED) is 0.337. The molecule has 1 aromatic rings. The molecule has 0 aromatic heterocycles. The van der Waals surface area contributed by atoms with Crippen LogP contribution in [0.2, 0.25) is 0 Å². The van der Waals surface area contributed by atoms with Crippen molar-refractivity contribution in [3.63, 3.8) is 0 Å². The van der Waals surface area contributed by atoms with Crippen molar-refractivity contribution in [1.82, 2.24) is 4.90 Å². The Bertz CT molecular complexity index is 607. The van der Waals surface area contributed by atoms with Crippen molar-refractivity contribution < 1.29 is 13.6 Å². The highest BCUT2D eigenvalue weighted by Crippen LogP contribution is 2.29. The third kappa shape index (κ3) is 4.44. The van der Waals surface area contributed by atoms with Crippen LogP contribution in [-0.4, -0.2) is 50.3 Å². The number of oxime groups is 1. The summed E-state index contributed by atoms with van der Waals surface area (Å²) in [5.74, 6) is 0.805. The molecule has 0 saturated heterocycles. The topological polar surface area (TPSA) is 96.0 Å². The SMILES string of the molecule is CN(CCS(=O)(=O)c1ccc(/C(N)=N/O)cc1)CC1CC1. The molecule has 1 aromatic carbocycles. The van der Waals surface area contributed by atoms with Gasteiger partial charge in [0.05, 0.1) is 10.6 Å². The molecule has 0 radical (unpaired) electrons. The Morgan fingerprint density at radius 3 is 2.52 bits per heavy atom. The van der Waals surface area contributed by atoms with Gasteiger partial charge in [0.25, 0.3) is 0 Å². The van der Waals surface area contributed by atoms with E-state index >= 15 is 0 Å². The van der Waals surface area contributed by atoms with Crippen LogP contribution in [0.5, 0.6) is 0 Å². The first-order valence-corrected chi connectivity index (χ1v) is 8.57. The fourth-order valence-electron chi connectivity index (χ4n) is 2.12. The van der Waals surface area contributed by atoms with Gasteiger partial charge in [-0.05, 0) is 50.1 Å². The van der Waals surface area contributed by atoms with Gasteiger partial charge in [0.15, 0.2) is 15.7 Å². The fraction of sp³-hybridized carbons (Fsp3) is 0.500. The smallest absolute Gasteiger partial charge is 0.179 e. The van der Waals surface area contributed by atoms with Gasteiger partial charge in [0.1, 0.15) is 0 Å². The van der Waals surface area contributed by atoms with E-state index in [1.54, 1.807) is 0 Å². The lowest BCUT2D eigenvalue weighted by Crippen LogP contribution is -2.27. The zero-order valence-electron chi connectivity index (χ0n) is 12.1. The van der Waals surface area contributed by atoms with Crippen LogP contribution in [-0.2, 0) is 9.84 Å². The number of sulfone groups is 1. The minimum atomic E-state index is -3.30. The largest absolute Gasteiger partial charge is 0.409 e. The lowest BCUT2D eigenvalue weighted by molar-refractivity contribution is 0.318. The van der Waals surface area contributed by atoms with Crippen LogP contribution in [0, 0.1) is 5.92 Å². The van der Waals surface area contributed by atoms with Gasteiger partial charge in [-0.2, -0.15) is 0 Å². The van der Waals surface area contributed by atoms with Gasteiger partial charge in [-0.15, -0.1) is 0 Å². The maximum Gasteiger partial charge on any atom is 0.179 e. The molecule has 1 aliphatic rings. The Hall–Kier alpha value is -1.60. The molecular formula is C14H21N3O3S. The Labute approximate surface area is 125 Å². The van der Waals surface area contributed by atoms with Gasteiger partial charge >= 0.3 is 0 Å². The van der Waals surface area contributed by atoms with Gasteiger partial charge in [0, 0.05) is 18.7 Å². The molecule has 0 atom stereocenters. The fourth-order valence-corrected chi connectivity index (χ4v) is 3.46. The molecule has 3 N–H and O–H groups in total. The van der Waals surface area contributed by atoms with E-state index in [0.29, 0.717) is 12.1 Å². The molecule has 1 saturated carbocycles. The van der Waals surface area contributed by atoms with Gasteiger partial charge in [0.2, 0.25) is 0 Å². The maximum atomic E-state index is 12.3. The number of nitrogens with zero attached hydrogens (tertiary/aromatic N) is 2. The Morgan fingerprint density at radius 2 is 2.00 bits per heavy atom. The summed E-state index contributed by atoms with van der Waals surface area (Å²) in [6, 6.07) is 6.05. The second-order valence-corrected chi connectivity index (χ2v) is 7.64. The number of rotatable bonds is 7. The van der Waals surface area contributed by atoms with Crippen molar-refractivity contribution >= 4 is 15.7 Å². The summed E-state index contributed by atoms with van der Waals surface area (Å²) in [5.41, 5.74) is 5.94. The van der Waals surface area contributed by atoms with Crippen molar-refractivity contribution in [2.45, 2.75) is 17.7 Å². The first-order chi connectivity index (χ1) is 9.92. The van der Waals surface area contributed by atoms with Crippen LogP contribution < -0.4 is 5.73 Å². The average Bonchev–Trinajstić information content (AvgIpc) is 3.28. The van der Waals surface area contributed by atoms with Crippen LogP contribution in [0.4, 0.5) is 0 Å². The van der Waals surface area contributed by atoms with Gasteiger partial charge in [-0.25, -0.2) is 8.42 Å². The summed E-state index contributed by atoms with van der Waals surface area (Å²) in [5, 5.41) is 11.5.